The molecule has 0 amide bonds. The van der Waals surface area contributed by atoms with Gasteiger partial charge in [0.05, 0.1) is 13.2 Å². The highest BCUT2D eigenvalue weighted by Gasteiger charge is 2.38. The van der Waals surface area contributed by atoms with Crippen LogP contribution in [0.2, 0.25) is 0 Å². The predicted octanol–water partition coefficient (Wildman–Crippen LogP) is 3.11. The molecule has 2 fully saturated rings. The van der Waals surface area contributed by atoms with Gasteiger partial charge in [0.2, 0.25) is 0 Å². The third kappa shape index (κ3) is 2.71. The highest BCUT2D eigenvalue weighted by molar-refractivity contribution is 5.45. The number of benzene rings is 1. The van der Waals surface area contributed by atoms with Gasteiger partial charge in [-0.2, -0.15) is 0 Å². The number of methoxy groups -OCH3 is 1. The molecule has 0 radical (unpaired) electrons. The molecular formula is C16H22O3. The Morgan fingerprint density at radius 2 is 2.00 bits per heavy atom. The Morgan fingerprint density at radius 3 is 2.63 bits per heavy atom. The van der Waals surface area contributed by atoms with Crippen LogP contribution in [0.1, 0.15) is 43.6 Å². The van der Waals surface area contributed by atoms with E-state index in [-0.39, 0.29) is 6.61 Å². The summed E-state index contributed by atoms with van der Waals surface area (Å²) in [5, 5.41) is 9.18. The number of ether oxygens (including phenoxy) is 2. The Morgan fingerprint density at radius 1 is 1.21 bits per heavy atom. The maximum absolute atomic E-state index is 9.18. The summed E-state index contributed by atoms with van der Waals surface area (Å²) in [6.07, 6.45) is 6.26. The van der Waals surface area contributed by atoms with Crippen LogP contribution in [-0.4, -0.2) is 24.9 Å². The molecule has 3 heteroatoms. The van der Waals surface area contributed by atoms with Gasteiger partial charge in [-0.1, -0.05) is 6.07 Å². The van der Waals surface area contributed by atoms with Crippen molar-refractivity contribution in [3.8, 4) is 11.5 Å². The second-order valence-electron chi connectivity index (χ2n) is 5.72. The molecule has 0 aliphatic heterocycles. The van der Waals surface area contributed by atoms with Crippen molar-refractivity contribution in [2.45, 2.75) is 44.1 Å². The van der Waals surface area contributed by atoms with Gasteiger partial charge < -0.3 is 14.6 Å². The lowest BCUT2D eigenvalue weighted by molar-refractivity contribution is 0.200. The standard InChI is InChI=1S/C16H22O3/c1-18-15-7-6-11(14-8-12(14)10-17)9-16(15)19-13-4-2-3-5-13/h6-7,9,12-14,17H,2-5,8,10H2,1H3. The van der Waals surface area contributed by atoms with Crippen LogP contribution in [0, 0.1) is 5.92 Å². The van der Waals surface area contributed by atoms with Crippen molar-refractivity contribution < 1.29 is 14.6 Å². The van der Waals surface area contributed by atoms with Gasteiger partial charge in [-0.05, 0) is 61.6 Å². The molecule has 3 rings (SSSR count). The molecular weight excluding hydrogens is 240 g/mol. The maximum Gasteiger partial charge on any atom is 0.161 e. The van der Waals surface area contributed by atoms with Crippen molar-refractivity contribution in [3.05, 3.63) is 23.8 Å². The molecule has 0 heterocycles. The zero-order chi connectivity index (χ0) is 13.2. The Labute approximate surface area is 114 Å². The lowest BCUT2D eigenvalue weighted by atomic mass is 10.1. The number of hydrogen-bond donors (Lipinski definition) is 1. The van der Waals surface area contributed by atoms with E-state index in [1.807, 2.05) is 6.07 Å². The molecule has 2 saturated carbocycles. The van der Waals surface area contributed by atoms with Gasteiger partial charge in [0.25, 0.3) is 0 Å². The summed E-state index contributed by atoms with van der Waals surface area (Å²) in [4.78, 5) is 0. The van der Waals surface area contributed by atoms with Crippen molar-refractivity contribution in [1.29, 1.82) is 0 Å². The fourth-order valence-corrected chi connectivity index (χ4v) is 3.06. The third-order valence-corrected chi connectivity index (χ3v) is 4.37. The van der Waals surface area contributed by atoms with Gasteiger partial charge in [0.15, 0.2) is 11.5 Å². The molecule has 0 aromatic heterocycles. The van der Waals surface area contributed by atoms with Crippen LogP contribution in [-0.2, 0) is 0 Å². The molecule has 2 aliphatic carbocycles. The van der Waals surface area contributed by atoms with E-state index in [2.05, 4.69) is 12.1 Å². The van der Waals surface area contributed by atoms with Gasteiger partial charge in [-0.3, -0.25) is 0 Å². The van der Waals surface area contributed by atoms with Crippen molar-refractivity contribution in [1.82, 2.24) is 0 Å². The summed E-state index contributed by atoms with van der Waals surface area (Å²) in [6, 6.07) is 6.20. The van der Waals surface area contributed by atoms with E-state index in [4.69, 9.17) is 9.47 Å². The molecule has 1 aromatic carbocycles. The van der Waals surface area contributed by atoms with E-state index in [1.165, 1.54) is 18.4 Å². The summed E-state index contributed by atoms with van der Waals surface area (Å²) >= 11 is 0. The normalized spacial score (nSPS) is 26.4. The van der Waals surface area contributed by atoms with Crippen LogP contribution >= 0.6 is 0 Å². The lowest BCUT2D eigenvalue weighted by Gasteiger charge is -2.17. The van der Waals surface area contributed by atoms with E-state index in [0.29, 0.717) is 17.9 Å². The average molecular weight is 262 g/mol. The molecule has 0 saturated heterocycles. The summed E-state index contributed by atoms with van der Waals surface area (Å²) in [5.41, 5.74) is 1.27. The fraction of sp³-hybridized carbons (Fsp3) is 0.625. The molecule has 1 N–H and O–H groups in total. The summed E-state index contributed by atoms with van der Waals surface area (Å²) in [7, 11) is 1.68. The number of hydrogen-bond acceptors (Lipinski definition) is 3. The maximum atomic E-state index is 9.18. The first-order chi connectivity index (χ1) is 9.31. The first-order valence-corrected chi connectivity index (χ1v) is 7.27. The topological polar surface area (TPSA) is 38.7 Å². The molecule has 2 atom stereocenters. The minimum Gasteiger partial charge on any atom is -0.493 e. The van der Waals surface area contributed by atoms with Gasteiger partial charge in [0.1, 0.15) is 0 Å². The Kier molecular flexibility index (Phi) is 3.65. The summed E-state index contributed by atoms with van der Waals surface area (Å²) in [6.45, 7) is 0.287. The van der Waals surface area contributed by atoms with E-state index in [0.717, 1.165) is 30.8 Å². The predicted molar refractivity (Wildman–Crippen MR) is 73.8 cm³/mol. The van der Waals surface area contributed by atoms with Gasteiger partial charge in [-0.15, -0.1) is 0 Å². The minimum absolute atomic E-state index is 0.287. The van der Waals surface area contributed by atoms with Crippen molar-refractivity contribution >= 4 is 0 Å². The molecule has 104 valence electrons. The zero-order valence-corrected chi connectivity index (χ0v) is 11.5. The Bertz CT molecular complexity index is 438. The molecule has 3 nitrogen and oxygen atoms in total. The highest BCUT2D eigenvalue weighted by atomic mass is 16.5. The number of aliphatic hydroxyl groups excluding tert-OH is 1. The number of aliphatic hydroxyl groups is 1. The number of rotatable bonds is 5. The minimum atomic E-state index is 0.287. The van der Waals surface area contributed by atoms with Gasteiger partial charge >= 0.3 is 0 Å². The molecule has 2 unspecified atom stereocenters. The summed E-state index contributed by atoms with van der Waals surface area (Å²) in [5.74, 6) is 2.63. The first-order valence-electron chi connectivity index (χ1n) is 7.27. The van der Waals surface area contributed by atoms with Crippen LogP contribution in [0.25, 0.3) is 0 Å². The van der Waals surface area contributed by atoms with Crippen molar-refractivity contribution in [3.63, 3.8) is 0 Å². The van der Waals surface area contributed by atoms with Gasteiger partial charge in [-0.25, -0.2) is 0 Å². The van der Waals surface area contributed by atoms with Crippen LogP contribution in [0.5, 0.6) is 11.5 Å². The smallest absolute Gasteiger partial charge is 0.161 e. The summed E-state index contributed by atoms with van der Waals surface area (Å²) < 4.78 is 11.5. The van der Waals surface area contributed by atoms with E-state index < -0.39 is 0 Å². The van der Waals surface area contributed by atoms with Crippen molar-refractivity contribution in [2.24, 2.45) is 5.92 Å². The van der Waals surface area contributed by atoms with E-state index in [9.17, 15) is 5.11 Å². The third-order valence-electron chi connectivity index (χ3n) is 4.37. The van der Waals surface area contributed by atoms with E-state index in [1.54, 1.807) is 7.11 Å². The van der Waals surface area contributed by atoms with Crippen molar-refractivity contribution in [2.75, 3.05) is 13.7 Å². The quantitative estimate of drug-likeness (QED) is 0.886. The first kappa shape index (κ1) is 12.8. The Balaban J connectivity index is 1.77. The molecule has 0 bridgehead atoms. The largest absolute Gasteiger partial charge is 0.493 e. The molecule has 1 aromatic rings. The fourth-order valence-electron chi connectivity index (χ4n) is 3.06. The molecule has 19 heavy (non-hydrogen) atoms. The van der Waals surface area contributed by atoms with Crippen LogP contribution < -0.4 is 9.47 Å². The SMILES string of the molecule is COc1ccc(C2CC2CO)cc1OC1CCCC1. The van der Waals surface area contributed by atoms with Crippen LogP contribution in [0.3, 0.4) is 0 Å². The van der Waals surface area contributed by atoms with Gasteiger partial charge in [0, 0.05) is 6.61 Å². The van der Waals surface area contributed by atoms with Crippen LogP contribution in [0.15, 0.2) is 18.2 Å². The average Bonchev–Trinajstić information content (AvgIpc) is 3.07. The lowest BCUT2D eigenvalue weighted by Crippen LogP contribution is -2.11. The van der Waals surface area contributed by atoms with Crippen LogP contribution in [0.4, 0.5) is 0 Å². The molecule has 2 aliphatic rings. The second-order valence-corrected chi connectivity index (χ2v) is 5.72. The molecule has 0 spiro atoms. The zero-order valence-electron chi connectivity index (χ0n) is 11.5. The Hall–Kier alpha value is -1.22. The highest BCUT2D eigenvalue weighted by Crippen LogP contribution is 2.48. The van der Waals surface area contributed by atoms with E-state index >= 15 is 0 Å². The second kappa shape index (κ2) is 5.41. The monoisotopic (exact) mass is 262 g/mol.